The number of carbonyl (C=O) groups is 2. The maximum absolute atomic E-state index is 12.2. The number of nitrogens with one attached hydrogen (secondary N) is 1. The lowest BCUT2D eigenvalue weighted by Crippen LogP contribution is -2.52. The van der Waals surface area contributed by atoms with Gasteiger partial charge in [0.15, 0.2) is 0 Å². The summed E-state index contributed by atoms with van der Waals surface area (Å²) in [4.78, 5) is 27.8. The predicted molar refractivity (Wildman–Crippen MR) is 80.0 cm³/mol. The van der Waals surface area contributed by atoms with Gasteiger partial charge in [0.05, 0.1) is 12.1 Å². The predicted octanol–water partition coefficient (Wildman–Crippen LogP) is 1.03. The number of thiophene rings is 1. The molecule has 1 aliphatic rings. The first-order valence-electron chi connectivity index (χ1n) is 7.02. The van der Waals surface area contributed by atoms with Crippen molar-refractivity contribution in [2.75, 3.05) is 39.3 Å². The van der Waals surface area contributed by atoms with Gasteiger partial charge in [-0.15, -0.1) is 0 Å². The minimum Gasteiger partial charge on any atom is -0.338 e. The summed E-state index contributed by atoms with van der Waals surface area (Å²) < 4.78 is 0. The maximum Gasteiger partial charge on any atom is 0.254 e. The van der Waals surface area contributed by atoms with Crippen molar-refractivity contribution in [3.8, 4) is 0 Å². The van der Waals surface area contributed by atoms with Crippen LogP contribution in [0.5, 0.6) is 0 Å². The molecule has 0 spiro atoms. The number of rotatable bonds is 5. The minimum atomic E-state index is 0.0717. The van der Waals surface area contributed by atoms with Crippen LogP contribution in [0.3, 0.4) is 0 Å². The molecule has 2 heterocycles. The van der Waals surface area contributed by atoms with Gasteiger partial charge < -0.3 is 15.1 Å². The second-order valence-corrected chi connectivity index (χ2v) is 5.64. The summed E-state index contributed by atoms with van der Waals surface area (Å²) in [5, 5.41) is 6.90. The lowest BCUT2D eigenvalue weighted by Gasteiger charge is -2.34. The van der Waals surface area contributed by atoms with E-state index in [4.69, 9.17) is 0 Å². The molecular weight excluding hydrogens is 274 g/mol. The molecule has 0 unspecified atom stereocenters. The second-order valence-electron chi connectivity index (χ2n) is 4.86. The topological polar surface area (TPSA) is 52.7 Å². The van der Waals surface area contributed by atoms with Gasteiger partial charge in [-0.3, -0.25) is 9.59 Å². The Balaban J connectivity index is 1.77. The normalized spacial score (nSPS) is 15.4. The van der Waals surface area contributed by atoms with Crippen molar-refractivity contribution < 1.29 is 9.59 Å². The molecule has 0 atom stereocenters. The Hall–Kier alpha value is -1.40. The van der Waals surface area contributed by atoms with Crippen LogP contribution in [0.15, 0.2) is 16.8 Å². The highest BCUT2D eigenvalue weighted by molar-refractivity contribution is 7.08. The molecule has 0 radical (unpaired) electrons. The molecular formula is C14H21N3O2S. The Labute approximate surface area is 123 Å². The van der Waals surface area contributed by atoms with E-state index in [0.29, 0.717) is 32.7 Å². The molecule has 5 nitrogen and oxygen atoms in total. The Bertz CT molecular complexity index is 439. The molecule has 0 bridgehead atoms. The van der Waals surface area contributed by atoms with E-state index in [-0.39, 0.29) is 11.8 Å². The molecule has 1 N–H and O–H groups in total. The molecule has 2 rings (SSSR count). The van der Waals surface area contributed by atoms with Gasteiger partial charge in [0.2, 0.25) is 5.91 Å². The van der Waals surface area contributed by atoms with E-state index in [1.54, 1.807) is 0 Å². The van der Waals surface area contributed by atoms with Crippen LogP contribution in [0.2, 0.25) is 0 Å². The smallest absolute Gasteiger partial charge is 0.254 e. The Kier molecular flexibility index (Phi) is 5.55. The summed E-state index contributed by atoms with van der Waals surface area (Å²) in [7, 11) is 0. The molecule has 6 heteroatoms. The van der Waals surface area contributed by atoms with Gasteiger partial charge in [0, 0.05) is 31.6 Å². The molecule has 1 fully saturated rings. The monoisotopic (exact) mass is 295 g/mol. The number of hydrogen-bond donors (Lipinski definition) is 1. The lowest BCUT2D eigenvalue weighted by molar-refractivity contribution is -0.131. The average molecular weight is 295 g/mol. The lowest BCUT2D eigenvalue weighted by atomic mass is 10.2. The van der Waals surface area contributed by atoms with Gasteiger partial charge in [-0.2, -0.15) is 11.3 Å². The third-order valence-corrected chi connectivity index (χ3v) is 4.07. The summed E-state index contributed by atoms with van der Waals surface area (Å²) in [6.07, 6.45) is 1.02. The number of carbonyl (C=O) groups excluding carboxylic acids is 2. The molecule has 0 saturated carbocycles. The van der Waals surface area contributed by atoms with E-state index >= 15 is 0 Å². The van der Waals surface area contributed by atoms with E-state index in [9.17, 15) is 9.59 Å². The highest BCUT2D eigenvalue weighted by Gasteiger charge is 2.24. The van der Waals surface area contributed by atoms with Crippen molar-refractivity contribution in [3.63, 3.8) is 0 Å². The van der Waals surface area contributed by atoms with Gasteiger partial charge in [0.1, 0.15) is 0 Å². The van der Waals surface area contributed by atoms with Crippen molar-refractivity contribution in [3.05, 3.63) is 22.4 Å². The van der Waals surface area contributed by atoms with Crippen molar-refractivity contribution in [1.82, 2.24) is 15.1 Å². The van der Waals surface area contributed by atoms with Gasteiger partial charge in [0.25, 0.3) is 5.91 Å². The minimum absolute atomic E-state index is 0.0717. The fraction of sp³-hybridized carbons (Fsp3) is 0.571. The van der Waals surface area contributed by atoms with Crippen molar-refractivity contribution >= 4 is 23.2 Å². The summed E-state index contributed by atoms with van der Waals surface area (Å²) in [5.41, 5.74) is 0.749. The zero-order valence-electron chi connectivity index (χ0n) is 11.8. The largest absolute Gasteiger partial charge is 0.338 e. The summed E-state index contributed by atoms with van der Waals surface area (Å²) in [5.74, 6) is 0.198. The molecule has 1 aromatic rings. The van der Waals surface area contributed by atoms with Gasteiger partial charge in [-0.1, -0.05) is 6.92 Å². The average Bonchev–Trinajstić information content (AvgIpc) is 3.01. The number of amides is 2. The van der Waals surface area contributed by atoms with Crippen molar-refractivity contribution in [2.24, 2.45) is 0 Å². The molecule has 1 aromatic heterocycles. The van der Waals surface area contributed by atoms with Crippen LogP contribution in [0.25, 0.3) is 0 Å². The second kappa shape index (κ2) is 7.40. The zero-order chi connectivity index (χ0) is 14.4. The Morgan fingerprint density at radius 1 is 1.25 bits per heavy atom. The van der Waals surface area contributed by atoms with Crippen LogP contribution in [0, 0.1) is 0 Å². The molecule has 20 heavy (non-hydrogen) atoms. The number of piperazine rings is 1. The fourth-order valence-corrected chi connectivity index (χ4v) is 2.84. The summed E-state index contributed by atoms with van der Waals surface area (Å²) in [6.45, 7) is 5.83. The number of nitrogens with zero attached hydrogens (tertiary/aromatic N) is 2. The first-order valence-corrected chi connectivity index (χ1v) is 7.96. The molecule has 2 amide bonds. The van der Waals surface area contributed by atoms with E-state index in [1.165, 1.54) is 11.3 Å². The van der Waals surface area contributed by atoms with Crippen molar-refractivity contribution in [2.45, 2.75) is 13.3 Å². The third-order valence-electron chi connectivity index (χ3n) is 3.39. The first-order chi connectivity index (χ1) is 9.72. The highest BCUT2D eigenvalue weighted by atomic mass is 32.1. The molecule has 0 aliphatic carbocycles. The fourth-order valence-electron chi connectivity index (χ4n) is 2.21. The van der Waals surface area contributed by atoms with Crippen LogP contribution >= 0.6 is 11.3 Å². The van der Waals surface area contributed by atoms with Gasteiger partial charge in [-0.05, 0) is 24.4 Å². The van der Waals surface area contributed by atoms with E-state index in [2.05, 4.69) is 12.2 Å². The number of hydrogen-bond acceptors (Lipinski definition) is 4. The molecule has 1 aliphatic heterocycles. The molecule has 1 saturated heterocycles. The van der Waals surface area contributed by atoms with Crippen LogP contribution in [0.4, 0.5) is 0 Å². The first kappa shape index (κ1) is 15.0. The van der Waals surface area contributed by atoms with E-state index in [0.717, 1.165) is 18.5 Å². The summed E-state index contributed by atoms with van der Waals surface area (Å²) >= 11 is 1.53. The Morgan fingerprint density at radius 2 is 1.95 bits per heavy atom. The van der Waals surface area contributed by atoms with Crippen LogP contribution in [0.1, 0.15) is 23.7 Å². The standard InChI is InChI=1S/C14H21N3O2S/c1-2-4-15-10-13(18)16-5-7-17(8-6-16)14(19)12-3-9-20-11-12/h3,9,11,15H,2,4-8,10H2,1H3. The highest BCUT2D eigenvalue weighted by Crippen LogP contribution is 2.11. The zero-order valence-corrected chi connectivity index (χ0v) is 12.6. The van der Waals surface area contributed by atoms with Crippen LogP contribution in [-0.4, -0.2) is 60.9 Å². The summed E-state index contributed by atoms with van der Waals surface area (Å²) in [6, 6.07) is 1.85. The SMILES string of the molecule is CCCNCC(=O)N1CCN(C(=O)c2ccsc2)CC1. The van der Waals surface area contributed by atoms with Crippen molar-refractivity contribution in [1.29, 1.82) is 0 Å². The van der Waals surface area contributed by atoms with E-state index < -0.39 is 0 Å². The third kappa shape index (κ3) is 3.80. The van der Waals surface area contributed by atoms with E-state index in [1.807, 2.05) is 26.6 Å². The maximum atomic E-state index is 12.2. The quantitative estimate of drug-likeness (QED) is 0.826. The van der Waals surface area contributed by atoms with Gasteiger partial charge in [-0.25, -0.2) is 0 Å². The van der Waals surface area contributed by atoms with Gasteiger partial charge >= 0.3 is 0 Å². The molecule has 0 aromatic carbocycles. The Morgan fingerprint density at radius 3 is 2.55 bits per heavy atom. The molecule has 110 valence electrons. The van der Waals surface area contributed by atoms with Crippen LogP contribution < -0.4 is 5.32 Å². The van der Waals surface area contributed by atoms with Crippen LogP contribution in [-0.2, 0) is 4.79 Å².